The molecular weight excluding hydrogens is 214 g/mol. The van der Waals surface area contributed by atoms with Gasteiger partial charge in [-0.15, -0.1) is 0 Å². The number of benzene rings is 1. The number of rotatable bonds is 6. The molecule has 3 heteroatoms. The Morgan fingerprint density at radius 1 is 1.29 bits per heavy atom. The average molecular weight is 235 g/mol. The van der Waals surface area contributed by atoms with Gasteiger partial charge in [-0.1, -0.05) is 26.0 Å². The van der Waals surface area contributed by atoms with Crippen LogP contribution in [0.5, 0.6) is 0 Å². The van der Waals surface area contributed by atoms with E-state index in [1.54, 1.807) is 0 Å². The fourth-order valence-electron chi connectivity index (χ4n) is 1.53. The van der Waals surface area contributed by atoms with E-state index in [9.17, 15) is 4.79 Å². The van der Waals surface area contributed by atoms with Crippen LogP contribution in [0.25, 0.3) is 0 Å². The summed E-state index contributed by atoms with van der Waals surface area (Å²) in [5, 5.41) is 11.7. The number of hydrogen-bond acceptors (Lipinski definition) is 2. The van der Waals surface area contributed by atoms with E-state index in [0.717, 1.165) is 17.7 Å². The largest absolute Gasteiger partial charge is 0.396 e. The number of carbonyl (C=O) groups excluding carboxylic acids is 1. The first-order valence-electron chi connectivity index (χ1n) is 6.11. The second kappa shape index (κ2) is 7.07. The molecule has 94 valence electrons. The first kappa shape index (κ1) is 13.7. The van der Waals surface area contributed by atoms with Crippen molar-refractivity contribution in [2.45, 2.75) is 33.1 Å². The first-order valence-corrected chi connectivity index (χ1v) is 6.11. The van der Waals surface area contributed by atoms with E-state index in [1.165, 1.54) is 0 Å². The third-order valence-corrected chi connectivity index (χ3v) is 2.59. The molecule has 2 N–H and O–H groups in total. The molecule has 0 aliphatic heterocycles. The number of anilines is 1. The van der Waals surface area contributed by atoms with Crippen molar-refractivity contribution < 1.29 is 9.90 Å². The maximum absolute atomic E-state index is 11.6. The van der Waals surface area contributed by atoms with Crippen molar-refractivity contribution in [2.24, 2.45) is 5.92 Å². The maximum atomic E-state index is 11.6. The highest BCUT2D eigenvalue weighted by Crippen LogP contribution is 2.11. The van der Waals surface area contributed by atoms with Gasteiger partial charge in [0.25, 0.3) is 0 Å². The van der Waals surface area contributed by atoms with E-state index >= 15 is 0 Å². The summed E-state index contributed by atoms with van der Waals surface area (Å²) in [5.74, 6) is 0.612. The van der Waals surface area contributed by atoms with Crippen molar-refractivity contribution in [3.63, 3.8) is 0 Å². The quantitative estimate of drug-likeness (QED) is 0.796. The van der Waals surface area contributed by atoms with Crippen LogP contribution in [0, 0.1) is 5.92 Å². The molecule has 0 aromatic heterocycles. The Labute approximate surface area is 103 Å². The minimum absolute atomic E-state index is 0.0635. The van der Waals surface area contributed by atoms with E-state index in [0.29, 0.717) is 18.8 Å². The molecule has 1 amide bonds. The van der Waals surface area contributed by atoms with Crippen LogP contribution in [0.1, 0.15) is 32.3 Å². The predicted molar refractivity (Wildman–Crippen MR) is 69.9 cm³/mol. The fourth-order valence-corrected chi connectivity index (χ4v) is 1.53. The van der Waals surface area contributed by atoms with Gasteiger partial charge in [0.15, 0.2) is 0 Å². The van der Waals surface area contributed by atoms with Crippen molar-refractivity contribution in [3.05, 3.63) is 29.8 Å². The highest BCUT2D eigenvalue weighted by molar-refractivity contribution is 5.90. The van der Waals surface area contributed by atoms with E-state index in [2.05, 4.69) is 19.2 Å². The molecule has 17 heavy (non-hydrogen) atoms. The van der Waals surface area contributed by atoms with Gasteiger partial charge in [0.1, 0.15) is 0 Å². The third kappa shape index (κ3) is 5.50. The molecule has 0 radical (unpaired) electrons. The molecule has 0 saturated heterocycles. The number of carbonyl (C=O) groups is 1. The van der Waals surface area contributed by atoms with E-state index < -0.39 is 0 Å². The molecule has 1 aromatic carbocycles. The number of amides is 1. The van der Waals surface area contributed by atoms with Crippen molar-refractivity contribution in [3.8, 4) is 0 Å². The van der Waals surface area contributed by atoms with Crippen LogP contribution in [-0.2, 0) is 11.2 Å². The number of aliphatic hydroxyl groups is 1. The summed E-state index contributed by atoms with van der Waals surface area (Å²) < 4.78 is 0. The molecule has 0 spiro atoms. The molecule has 0 aliphatic rings. The summed E-state index contributed by atoms with van der Waals surface area (Å²) in [5.41, 5.74) is 1.90. The zero-order valence-corrected chi connectivity index (χ0v) is 10.6. The number of hydrogen-bond donors (Lipinski definition) is 2. The summed E-state index contributed by atoms with van der Waals surface area (Å²) in [4.78, 5) is 11.6. The summed E-state index contributed by atoms with van der Waals surface area (Å²) in [6.07, 6.45) is 2.13. The molecule has 0 saturated carbocycles. The summed E-state index contributed by atoms with van der Waals surface area (Å²) in [6, 6.07) is 7.60. The van der Waals surface area contributed by atoms with Gasteiger partial charge >= 0.3 is 0 Å². The standard InChI is InChI=1S/C14H21NO2/c1-11(2)3-8-14(17)15-13-6-4-12(5-7-13)9-10-16/h4-7,11,16H,3,8-10H2,1-2H3,(H,15,17). The molecule has 1 aromatic rings. The van der Waals surface area contributed by atoms with E-state index in [4.69, 9.17) is 5.11 Å². The minimum Gasteiger partial charge on any atom is -0.396 e. The SMILES string of the molecule is CC(C)CCC(=O)Nc1ccc(CCO)cc1. The topological polar surface area (TPSA) is 49.3 Å². The molecular formula is C14H21NO2. The molecule has 0 heterocycles. The Morgan fingerprint density at radius 2 is 1.94 bits per heavy atom. The van der Waals surface area contributed by atoms with Crippen LogP contribution in [-0.4, -0.2) is 17.6 Å². The van der Waals surface area contributed by atoms with Crippen LogP contribution >= 0.6 is 0 Å². The second-order valence-electron chi connectivity index (χ2n) is 4.65. The van der Waals surface area contributed by atoms with Crippen molar-refractivity contribution in [1.29, 1.82) is 0 Å². The fraction of sp³-hybridized carbons (Fsp3) is 0.500. The van der Waals surface area contributed by atoms with Gasteiger partial charge in [0.2, 0.25) is 5.91 Å². The minimum atomic E-state index is 0.0635. The van der Waals surface area contributed by atoms with Gasteiger partial charge in [0, 0.05) is 18.7 Å². The van der Waals surface area contributed by atoms with Crippen LogP contribution < -0.4 is 5.32 Å². The Balaban J connectivity index is 2.43. The lowest BCUT2D eigenvalue weighted by Gasteiger charge is -2.07. The van der Waals surface area contributed by atoms with E-state index in [-0.39, 0.29) is 12.5 Å². The highest BCUT2D eigenvalue weighted by atomic mass is 16.2. The molecule has 0 aliphatic carbocycles. The van der Waals surface area contributed by atoms with Crippen molar-refractivity contribution in [1.82, 2.24) is 0 Å². The van der Waals surface area contributed by atoms with Gasteiger partial charge in [-0.3, -0.25) is 4.79 Å². The van der Waals surface area contributed by atoms with Crippen molar-refractivity contribution in [2.75, 3.05) is 11.9 Å². The monoisotopic (exact) mass is 235 g/mol. The van der Waals surface area contributed by atoms with Gasteiger partial charge in [-0.2, -0.15) is 0 Å². The number of nitrogens with one attached hydrogen (secondary N) is 1. The average Bonchev–Trinajstić information content (AvgIpc) is 2.29. The maximum Gasteiger partial charge on any atom is 0.224 e. The number of aliphatic hydroxyl groups excluding tert-OH is 1. The smallest absolute Gasteiger partial charge is 0.224 e. The molecule has 0 fully saturated rings. The van der Waals surface area contributed by atoms with E-state index in [1.807, 2.05) is 24.3 Å². The van der Waals surface area contributed by atoms with Gasteiger partial charge < -0.3 is 10.4 Å². The molecule has 1 rings (SSSR count). The van der Waals surface area contributed by atoms with Crippen LogP contribution in [0.3, 0.4) is 0 Å². The van der Waals surface area contributed by atoms with Gasteiger partial charge in [-0.25, -0.2) is 0 Å². The lowest BCUT2D eigenvalue weighted by Crippen LogP contribution is -2.12. The van der Waals surface area contributed by atoms with Crippen molar-refractivity contribution >= 4 is 11.6 Å². The lowest BCUT2D eigenvalue weighted by atomic mass is 10.1. The van der Waals surface area contributed by atoms with Gasteiger partial charge in [-0.05, 0) is 36.5 Å². The lowest BCUT2D eigenvalue weighted by molar-refractivity contribution is -0.116. The Kier molecular flexibility index (Phi) is 5.70. The second-order valence-corrected chi connectivity index (χ2v) is 4.65. The Hall–Kier alpha value is -1.35. The predicted octanol–water partition coefficient (Wildman–Crippen LogP) is 2.60. The first-order chi connectivity index (χ1) is 8.11. The van der Waals surface area contributed by atoms with Crippen LogP contribution in [0.2, 0.25) is 0 Å². The Morgan fingerprint density at radius 3 is 2.47 bits per heavy atom. The van der Waals surface area contributed by atoms with Gasteiger partial charge in [0.05, 0.1) is 0 Å². The summed E-state index contributed by atoms with van der Waals surface area (Å²) in [6.45, 7) is 4.37. The molecule has 0 atom stereocenters. The molecule has 0 bridgehead atoms. The zero-order chi connectivity index (χ0) is 12.7. The Bertz CT molecular complexity index is 344. The summed E-state index contributed by atoms with van der Waals surface area (Å²) in [7, 11) is 0. The highest BCUT2D eigenvalue weighted by Gasteiger charge is 2.03. The van der Waals surface area contributed by atoms with Crippen LogP contribution in [0.15, 0.2) is 24.3 Å². The third-order valence-electron chi connectivity index (χ3n) is 2.59. The van der Waals surface area contributed by atoms with Crippen LogP contribution in [0.4, 0.5) is 5.69 Å². The zero-order valence-electron chi connectivity index (χ0n) is 10.6. The normalized spacial score (nSPS) is 10.6. The summed E-state index contributed by atoms with van der Waals surface area (Å²) >= 11 is 0. The molecule has 3 nitrogen and oxygen atoms in total. The molecule has 0 unspecified atom stereocenters.